The third kappa shape index (κ3) is 4.17. The van der Waals surface area contributed by atoms with Crippen molar-refractivity contribution in [3.05, 3.63) is 40.9 Å². The predicted molar refractivity (Wildman–Crippen MR) is 78.2 cm³/mol. The number of allylic oxidation sites excluding steroid dienone is 1. The van der Waals surface area contributed by atoms with Crippen LogP contribution in [0.5, 0.6) is 0 Å². The van der Waals surface area contributed by atoms with Crippen molar-refractivity contribution in [1.29, 1.82) is 0 Å². The van der Waals surface area contributed by atoms with Crippen molar-refractivity contribution in [2.24, 2.45) is 5.92 Å². The van der Waals surface area contributed by atoms with Crippen LogP contribution in [0.2, 0.25) is 0 Å². The molecule has 0 saturated heterocycles. The smallest absolute Gasteiger partial charge is 0.192 e. The Bertz CT molecular complexity index is 376. The number of ether oxygens (including phenoxy) is 1. The van der Waals surface area contributed by atoms with Crippen LogP contribution >= 0.6 is 30.1 Å². The van der Waals surface area contributed by atoms with Gasteiger partial charge in [0.25, 0.3) is 0 Å². The fraction of sp³-hybridized carbons (Fsp3) is 0.385. The fourth-order valence-electron chi connectivity index (χ4n) is 1.43. The lowest BCUT2D eigenvalue weighted by Gasteiger charge is -2.19. The summed E-state index contributed by atoms with van der Waals surface area (Å²) in [6.07, 6.45) is 0. The highest BCUT2D eigenvalue weighted by molar-refractivity contribution is 7.93. The van der Waals surface area contributed by atoms with Crippen molar-refractivity contribution in [1.82, 2.24) is 0 Å². The van der Waals surface area contributed by atoms with E-state index in [-0.39, 0.29) is 5.92 Å². The zero-order valence-corrected chi connectivity index (χ0v) is 12.7. The van der Waals surface area contributed by atoms with E-state index >= 15 is 0 Å². The van der Waals surface area contributed by atoms with Gasteiger partial charge in [0.2, 0.25) is 0 Å². The van der Waals surface area contributed by atoms with Gasteiger partial charge in [0.15, 0.2) is 5.22 Å². The molecule has 0 bridgehead atoms. The molecule has 1 atom stereocenters. The molecule has 0 aliphatic heterocycles. The van der Waals surface area contributed by atoms with E-state index in [0.717, 1.165) is 10.6 Å². The Morgan fingerprint density at radius 1 is 1.29 bits per heavy atom. The second-order valence-electron chi connectivity index (χ2n) is 3.86. The summed E-state index contributed by atoms with van der Waals surface area (Å²) < 4.78 is 5.38. The fourth-order valence-corrected chi connectivity index (χ4v) is 4.68. The first kappa shape index (κ1) is 14.8. The lowest BCUT2D eigenvalue weighted by Crippen LogP contribution is -2.04. The van der Waals surface area contributed by atoms with Gasteiger partial charge in [-0.2, -0.15) is 0 Å². The van der Waals surface area contributed by atoms with Crippen LogP contribution in [0, 0.1) is 5.92 Å². The minimum Gasteiger partial charge on any atom is -0.483 e. The Morgan fingerprint density at radius 3 is 2.35 bits per heavy atom. The van der Waals surface area contributed by atoms with Crippen LogP contribution in [0.25, 0.3) is 0 Å². The molecule has 4 heteroatoms. The monoisotopic (exact) mass is 290 g/mol. The van der Waals surface area contributed by atoms with Crippen molar-refractivity contribution >= 4 is 35.4 Å². The van der Waals surface area contributed by atoms with Gasteiger partial charge in [0.05, 0.1) is 13.9 Å². The summed E-state index contributed by atoms with van der Waals surface area (Å²) in [5.41, 5.74) is 0. The minimum atomic E-state index is -0.935. The SMILES string of the molecule is CCO/C(Cl)=C(/C(C)C)P(Cl)c1ccccc1. The first-order valence-electron chi connectivity index (χ1n) is 5.61. The third-order valence-electron chi connectivity index (χ3n) is 2.21. The van der Waals surface area contributed by atoms with Crippen molar-refractivity contribution in [2.75, 3.05) is 6.61 Å². The van der Waals surface area contributed by atoms with Gasteiger partial charge in [0, 0.05) is 5.31 Å². The van der Waals surface area contributed by atoms with E-state index in [9.17, 15) is 0 Å². The van der Waals surface area contributed by atoms with E-state index in [1.807, 2.05) is 37.3 Å². The van der Waals surface area contributed by atoms with Crippen LogP contribution in [0.3, 0.4) is 0 Å². The average Bonchev–Trinajstić information content (AvgIpc) is 2.30. The molecule has 0 spiro atoms. The van der Waals surface area contributed by atoms with E-state index in [1.165, 1.54) is 0 Å². The summed E-state index contributed by atoms with van der Waals surface area (Å²) in [4.78, 5) is 0. The lowest BCUT2D eigenvalue weighted by molar-refractivity contribution is 0.251. The summed E-state index contributed by atoms with van der Waals surface area (Å²) in [6.45, 7) is 6.64. The van der Waals surface area contributed by atoms with Gasteiger partial charge in [0.1, 0.15) is 0 Å². The van der Waals surface area contributed by atoms with Crippen molar-refractivity contribution in [3.8, 4) is 0 Å². The lowest BCUT2D eigenvalue weighted by atomic mass is 10.2. The number of halogens is 2. The molecule has 0 amide bonds. The molecule has 1 aromatic carbocycles. The third-order valence-corrected chi connectivity index (χ3v) is 5.68. The zero-order valence-electron chi connectivity index (χ0n) is 10.3. The van der Waals surface area contributed by atoms with Gasteiger partial charge in [-0.25, -0.2) is 0 Å². The molecule has 1 nitrogen and oxygen atoms in total. The van der Waals surface area contributed by atoms with Crippen molar-refractivity contribution in [3.63, 3.8) is 0 Å². The summed E-state index contributed by atoms with van der Waals surface area (Å²) in [7, 11) is -0.935. The van der Waals surface area contributed by atoms with E-state index in [0.29, 0.717) is 11.8 Å². The van der Waals surface area contributed by atoms with Gasteiger partial charge in [-0.15, -0.1) is 0 Å². The Balaban J connectivity index is 3.04. The molecule has 0 N–H and O–H groups in total. The molecule has 1 rings (SSSR count). The highest BCUT2D eigenvalue weighted by Gasteiger charge is 2.21. The van der Waals surface area contributed by atoms with Gasteiger partial charge in [-0.05, 0) is 29.7 Å². The maximum absolute atomic E-state index is 6.54. The number of benzene rings is 1. The van der Waals surface area contributed by atoms with E-state index in [4.69, 9.17) is 27.6 Å². The molecule has 0 aliphatic rings. The summed E-state index contributed by atoms with van der Waals surface area (Å²) in [6, 6.07) is 10.0. The Kier molecular flexibility index (Phi) is 6.33. The molecule has 0 heterocycles. The molecule has 1 unspecified atom stereocenters. The van der Waals surface area contributed by atoms with Crippen molar-refractivity contribution in [2.45, 2.75) is 20.8 Å². The number of rotatable bonds is 5. The molecule has 94 valence electrons. The summed E-state index contributed by atoms with van der Waals surface area (Å²) in [5, 5.41) is 2.55. The molecule has 0 radical (unpaired) electrons. The van der Waals surface area contributed by atoms with Crippen LogP contribution in [-0.2, 0) is 4.74 Å². The van der Waals surface area contributed by atoms with Crippen LogP contribution in [0.15, 0.2) is 40.9 Å². The summed E-state index contributed by atoms with van der Waals surface area (Å²) in [5.74, 6) is 0.276. The molecule has 0 fully saturated rings. The van der Waals surface area contributed by atoms with Gasteiger partial charge < -0.3 is 4.74 Å². The molecule has 1 aromatic rings. The second kappa shape index (κ2) is 7.26. The van der Waals surface area contributed by atoms with Gasteiger partial charge in [-0.3, -0.25) is 0 Å². The molecule has 17 heavy (non-hydrogen) atoms. The Morgan fingerprint density at radius 2 is 1.88 bits per heavy atom. The average molecular weight is 291 g/mol. The highest BCUT2D eigenvalue weighted by Crippen LogP contribution is 2.53. The predicted octanol–water partition coefficient (Wildman–Crippen LogP) is 5.05. The molecule has 0 saturated carbocycles. The van der Waals surface area contributed by atoms with Crippen LogP contribution in [-0.4, -0.2) is 6.61 Å². The van der Waals surface area contributed by atoms with E-state index in [2.05, 4.69) is 13.8 Å². The minimum absolute atomic E-state index is 0.276. The molecular weight excluding hydrogens is 274 g/mol. The largest absolute Gasteiger partial charge is 0.483 e. The molecule has 0 aromatic heterocycles. The topological polar surface area (TPSA) is 9.23 Å². The second-order valence-corrected chi connectivity index (χ2v) is 6.78. The first-order chi connectivity index (χ1) is 8.07. The van der Waals surface area contributed by atoms with Gasteiger partial charge >= 0.3 is 0 Å². The van der Waals surface area contributed by atoms with E-state index < -0.39 is 7.27 Å². The van der Waals surface area contributed by atoms with E-state index in [1.54, 1.807) is 0 Å². The maximum Gasteiger partial charge on any atom is 0.192 e. The molecular formula is C13H17Cl2OP. The highest BCUT2D eigenvalue weighted by atomic mass is 35.7. The van der Waals surface area contributed by atoms with Crippen LogP contribution < -0.4 is 5.30 Å². The Hall–Kier alpha value is -0.230. The maximum atomic E-state index is 6.54. The van der Waals surface area contributed by atoms with Gasteiger partial charge in [-0.1, -0.05) is 55.4 Å². The standard InChI is InChI=1S/C13H17Cl2OP/c1-4-16-13(14)12(10(2)3)17(15)11-8-6-5-7-9-11/h5-10H,4H2,1-3H3/b13-12-. The number of hydrogen-bond acceptors (Lipinski definition) is 1. The molecule has 0 aliphatic carbocycles. The van der Waals surface area contributed by atoms with Crippen LogP contribution in [0.4, 0.5) is 0 Å². The normalized spacial score (nSPS) is 14.5. The Labute approximate surface area is 114 Å². The first-order valence-corrected chi connectivity index (χ1v) is 8.23. The zero-order chi connectivity index (χ0) is 12.8. The summed E-state index contributed by atoms with van der Waals surface area (Å²) >= 11 is 12.7. The number of hydrogen-bond donors (Lipinski definition) is 0. The van der Waals surface area contributed by atoms with Crippen molar-refractivity contribution < 1.29 is 4.74 Å². The van der Waals surface area contributed by atoms with Crippen LogP contribution in [0.1, 0.15) is 20.8 Å². The quantitative estimate of drug-likeness (QED) is 0.545.